The molecule has 0 bridgehead atoms. The minimum atomic E-state index is -1.00. The van der Waals surface area contributed by atoms with Crippen molar-refractivity contribution in [2.75, 3.05) is 5.32 Å². The summed E-state index contributed by atoms with van der Waals surface area (Å²) in [5.74, 6) is -1.31. The minimum Gasteiger partial charge on any atom is -0.480 e. The zero-order valence-corrected chi connectivity index (χ0v) is 9.14. The molecular weight excluding hydrogens is 222 g/mol. The number of nitrogens with one attached hydrogen (secondary N) is 1. The van der Waals surface area contributed by atoms with Crippen LogP contribution in [-0.4, -0.2) is 27.5 Å². The van der Waals surface area contributed by atoms with Crippen molar-refractivity contribution < 1.29 is 14.7 Å². The van der Waals surface area contributed by atoms with E-state index in [9.17, 15) is 9.59 Å². The number of pyridine rings is 1. The van der Waals surface area contributed by atoms with Gasteiger partial charge in [0.25, 0.3) is 5.91 Å². The zero-order chi connectivity index (χ0) is 12.5. The summed E-state index contributed by atoms with van der Waals surface area (Å²) in [6, 6.07) is 3.10. The molecular formula is C11H13N3O3. The van der Waals surface area contributed by atoms with Gasteiger partial charge in [-0.1, -0.05) is 0 Å². The maximum Gasteiger partial charge on any atom is 0.329 e. The molecule has 0 aromatic carbocycles. The number of primary amides is 1. The summed E-state index contributed by atoms with van der Waals surface area (Å²) in [5, 5.41) is 12.0. The Morgan fingerprint density at radius 3 is 2.65 bits per heavy atom. The van der Waals surface area contributed by atoms with Gasteiger partial charge in [-0.15, -0.1) is 0 Å². The number of carbonyl (C=O) groups excluding carboxylic acids is 1. The lowest BCUT2D eigenvalue weighted by Gasteiger charge is -2.38. The van der Waals surface area contributed by atoms with Crippen LogP contribution < -0.4 is 11.1 Å². The molecule has 0 radical (unpaired) electrons. The van der Waals surface area contributed by atoms with Crippen molar-refractivity contribution in [1.82, 2.24) is 4.98 Å². The molecule has 1 aliphatic rings. The third kappa shape index (κ3) is 1.93. The molecule has 1 heterocycles. The number of nitrogens with zero attached hydrogens (tertiary/aromatic N) is 1. The summed E-state index contributed by atoms with van der Waals surface area (Å²) < 4.78 is 0. The Bertz CT molecular complexity index is 469. The summed E-state index contributed by atoms with van der Waals surface area (Å²) >= 11 is 0. The topological polar surface area (TPSA) is 105 Å². The number of amides is 1. The van der Waals surface area contributed by atoms with Crippen molar-refractivity contribution in [3.63, 3.8) is 0 Å². The second-order valence-electron chi connectivity index (χ2n) is 4.13. The molecule has 0 unspecified atom stereocenters. The van der Waals surface area contributed by atoms with Gasteiger partial charge in [-0.25, -0.2) is 9.78 Å². The highest BCUT2D eigenvalue weighted by Crippen LogP contribution is 2.35. The lowest BCUT2D eigenvalue weighted by atomic mass is 9.76. The number of nitrogens with two attached hydrogens (primary N) is 1. The second-order valence-corrected chi connectivity index (χ2v) is 4.13. The van der Waals surface area contributed by atoms with Crippen molar-refractivity contribution in [1.29, 1.82) is 0 Å². The smallest absolute Gasteiger partial charge is 0.329 e. The predicted molar refractivity (Wildman–Crippen MR) is 60.6 cm³/mol. The Balaban J connectivity index is 2.29. The largest absolute Gasteiger partial charge is 0.480 e. The monoisotopic (exact) mass is 235 g/mol. The van der Waals surface area contributed by atoms with Crippen LogP contribution in [0.1, 0.15) is 29.6 Å². The number of anilines is 1. The molecule has 1 aromatic rings. The van der Waals surface area contributed by atoms with E-state index in [1.807, 2.05) is 0 Å². The molecule has 90 valence electrons. The Labute approximate surface area is 97.8 Å². The summed E-state index contributed by atoms with van der Waals surface area (Å²) in [6.45, 7) is 0. The summed E-state index contributed by atoms with van der Waals surface area (Å²) in [7, 11) is 0. The van der Waals surface area contributed by atoms with Gasteiger partial charge in [0, 0.05) is 6.20 Å². The molecule has 1 aliphatic carbocycles. The molecule has 1 aromatic heterocycles. The fourth-order valence-corrected chi connectivity index (χ4v) is 1.85. The van der Waals surface area contributed by atoms with E-state index in [2.05, 4.69) is 10.3 Å². The molecule has 6 nitrogen and oxygen atoms in total. The summed E-state index contributed by atoms with van der Waals surface area (Å²) in [6.07, 6.45) is 3.38. The molecule has 0 saturated heterocycles. The van der Waals surface area contributed by atoms with Crippen LogP contribution in [0.15, 0.2) is 18.3 Å². The van der Waals surface area contributed by atoms with Gasteiger partial charge in [-0.3, -0.25) is 4.79 Å². The van der Waals surface area contributed by atoms with Gasteiger partial charge in [0.05, 0.1) is 5.56 Å². The molecule has 4 N–H and O–H groups in total. The number of hydrogen-bond acceptors (Lipinski definition) is 4. The average Bonchev–Trinajstić information content (AvgIpc) is 2.23. The fraction of sp³-hybridized carbons (Fsp3) is 0.364. The van der Waals surface area contributed by atoms with Crippen LogP contribution in [-0.2, 0) is 4.79 Å². The van der Waals surface area contributed by atoms with Gasteiger partial charge in [0.2, 0.25) is 0 Å². The SMILES string of the molecule is NC(=O)c1cccnc1NC1(C(=O)O)CCC1. The van der Waals surface area contributed by atoms with E-state index in [4.69, 9.17) is 10.8 Å². The number of rotatable bonds is 4. The van der Waals surface area contributed by atoms with Gasteiger partial charge < -0.3 is 16.2 Å². The number of aromatic nitrogens is 1. The van der Waals surface area contributed by atoms with E-state index >= 15 is 0 Å². The minimum absolute atomic E-state index is 0.208. The Hall–Kier alpha value is -2.11. The predicted octanol–water partition coefficient (Wildman–Crippen LogP) is 0.600. The Morgan fingerprint density at radius 1 is 1.47 bits per heavy atom. The molecule has 6 heteroatoms. The van der Waals surface area contributed by atoms with Crippen LogP contribution in [0.2, 0.25) is 0 Å². The van der Waals surface area contributed by atoms with E-state index in [1.165, 1.54) is 12.3 Å². The number of hydrogen-bond donors (Lipinski definition) is 3. The van der Waals surface area contributed by atoms with Crippen LogP contribution in [0.4, 0.5) is 5.82 Å². The van der Waals surface area contributed by atoms with Crippen LogP contribution in [0.3, 0.4) is 0 Å². The third-order valence-electron chi connectivity index (χ3n) is 3.05. The first-order chi connectivity index (χ1) is 8.05. The molecule has 1 saturated carbocycles. The lowest BCUT2D eigenvalue weighted by Crippen LogP contribution is -2.52. The van der Waals surface area contributed by atoms with Crippen molar-refractivity contribution >= 4 is 17.7 Å². The molecule has 1 amide bonds. The van der Waals surface area contributed by atoms with E-state index in [1.54, 1.807) is 6.07 Å². The second kappa shape index (κ2) is 4.04. The van der Waals surface area contributed by atoms with Crippen LogP contribution in [0.25, 0.3) is 0 Å². The van der Waals surface area contributed by atoms with Gasteiger partial charge in [-0.05, 0) is 31.4 Å². The van der Waals surface area contributed by atoms with E-state index in [-0.39, 0.29) is 11.4 Å². The van der Waals surface area contributed by atoms with E-state index in [0.717, 1.165) is 6.42 Å². The normalized spacial score (nSPS) is 16.9. The Morgan fingerprint density at radius 2 is 2.18 bits per heavy atom. The molecule has 0 aliphatic heterocycles. The number of carboxylic acids is 1. The quantitative estimate of drug-likeness (QED) is 0.708. The summed E-state index contributed by atoms with van der Waals surface area (Å²) in [5.41, 5.74) is 4.41. The first-order valence-electron chi connectivity index (χ1n) is 5.31. The fourth-order valence-electron chi connectivity index (χ4n) is 1.85. The van der Waals surface area contributed by atoms with Gasteiger partial charge >= 0.3 is 5.97 Å². The van der Waals surface area contributed by atoms with Crippen molar-refractivity contribution in [2.24, 2.45) is 5.73 Å². The molecule has 2 rings (SSSR count). The van der Waals surface area contributed by atoms with Crippen molar-refractivity contribution in [3.8, 4) is 0 Å². The zero-order valence-electron chi connectivity index (χ0n) is 9.14. The average molecular weight is 235 g/mol. The molecule has 17 heavy (non-hydrogen) atoms. The number of carboxylic acid groups (broad SMARTS) is 1. The highest BCUT2D eigenvalue weighted by molar-refractivity contribution is 5.98. The standard InChI is InChI=1S/C11H13N3O3/c12-8(15)7-3-1-6-13-9(7)14-11(10(16)17)4-2-5-11/h1,3,6H,2,4-5H2,(H2,12,15)(H,13,14)(H,16,17). The van der Waals surface area contributed by atoms with Gasteiger partial charge in [-0.2, -0.15) is 0 Å². The molecule has 1 fully saturated rings. The first kappa shape index (κ1) is 11.4. The van der Waals surface area contributed by atoms with Crippen molar-refractivity contribution in [3.05, 3.63) is 23.9 Å². The van der Waals surface area contributed by atoms with Crippen LogP contribution in [0, 0.1) is 0 Å². The highest BCUT2D eigenvalue weighted by Gasteiger charge is 2.45. The lowest BCUT2D eigenvalue weighted by molar-refractivity contribution is -0.145. The third-order valence-corrected chi connectivity index (χ3v) is 3.05. The van der Waals surface area contributed by atoms with Gasteiger partial charge in [0.1, 0.15) is 11.4 Å². The first-order valence-corrected chi connectivity index (χ1v) is 5.31. The van der Waals surface area contributed by atoms with E-state index < -0.39 is 17.4 Å². The van der Waals surface area contributed by atoms with Gasteiger partial charge in [0.15, 0.2) is 0 Å². The van der Waals surface area contributed by atoms with Crippen LogP contribution >= 0.6 is 0 Å². The highest BCUT2D eigenvalue weighted by atomic mass is 16.4. The van der Waals surface area contributed by atoms with Crippen LogP contribution in [0.5, 0.6) is 0 Å². The Kier molecular flexibility index (Phi) is 2.71. The number of carbonyl (C=O) groups is 2. The van der Waals surface area contributed by atoms with Crippen molar-refractivity contribution in [2.45, 2.75) is 24.8 Å². The molecule has 0 spiro atoms. The van der Waals surface area contributed by atoms with E-state index in [0.29, 0.717) is 12.8 Å². The summed E-state index contributed by atoms with van der Waals surface area (Å²) in [4.78, 5) is 26.3. The molecule has 0 atom stereocenters. The maximum atomic E-state index is 11.2. The number of aliphatic carboxylic acids is 1. The maximum absolute atomic E-state index is 11.2.